The fourth-order valence-electron chi connectivity index (χ4n) is 2.66. The lowest BCUT2D eigenvalue weighted by atomic mass is 10.0. The summed E-state index contributed by atoms with van der Waals surface area (Å²) < 4.78 is 5.86. The van der Waals surface area contributed by atoms with Crippen molar-refractivity contribution in [2.24, 2.45) is 0 Å². The lowest BCUT2D eigenvalue weighted by Crippen LogP contribution is -2.28. The molecule has 3 aromatic rings. The van der Waals surface area contributed by atoms with Crippen molar-refractivity contribution in [3.05, 3.63) is 71.5 Å². The number of fused-ring (bicyclic) bond motifs is 2. The Balaban J connectivity index is 1.80. The van der Waals surface area contributed by atoms with Crippen LogP contribution in [-0.2, 0) is 5.00 Å². The van der Waals surface area contributed by atoms with E-state index in [1.165, 1.54) is 0 Å². The van der Waals surface area contributed by atoms with Crippen LogP contribution in [0, 0.1) is 0 Å². The van der Waals surface area contributed by atoms with Crippen LogP contribution in [0.2, 0.25) is 0 Å². The van der Waals surface area contributed by atoms with Gasteiger partial charge in [-0.3, -0.25) is 4.79 Å². The minimum Gasteiger partial charge on any atom is -0.457 e. The Morgan fingerprint density at radius 2 is 2.00 bits per heavy atom. The normalized spacial score (nSPS) is 19.7. The summed E-state index contributed by atoms with van der Waals surface area (Å²) in [6.07, 6.45) is 4.66. The molecule has 4 rings (SSSR count). The van der Waals surface area contributed by atoms with E-state index in [9.17, 15) is 4.79 Å². The second-order valence-electron chi connectivity index (χ2n) is 5.28. The summed E-state index contributed by atoms with van der Waals surface area (Å²) in [5, 5.41) is 4.15. The van der Waals surface area contributed by atoms with Gasteiger partial charge >= 0.3 is 0 Å². The molecule has 1 aromatic heterocycles. The van der Waals surface area contributed by atoms with E-state index in [-0.39, 0.29) is 0 Å². The first-order valence-corrected chi connectivity index (χ1v) is 7.30. The number of hydrogen-bond acceptors (Lipinski definition) is 3. The van der Waals surface area contributed by atoms with Gasteiger partial charge in [0.2, 0.25) is 0 Å². The molecule has 0 saturated carbocycles. The fourth-order valence-corrected chi connectivity index (χ4v) is 2.91. The van der Waals surface area contributed by atoms with E-state index in [0.29, 0.717) is 16.9 Å². The van der Waals surface area contributed by atoms with Gasteiger partial charge in [-0.15, -0.1) is 0 Å². The molecular weight excluding hydrogens is 298 g/mol. The third-order valence-electron chi connectivity index (χ3n) is 3.80. The molecule has 3 nitrogen and oxygen atoms in total. The second kappa shape index (κ2) is 4.75. The molecule has 2 aromatic carbocycles. The summed E-state index contributed by atoms with van der Waals surface area (Å²) >= 11 is 6.71. The van der Waals surface area contributed by atoms with E-state index in [4.69, 9.17) is 16.0 Å². The standard InChI is InChI=1S/C18H12ClNO2/c19-18(8-7-13-3-1-2-4-15(13)20-18)17-10-14-9-12(11-21)5-6-16(14)22-17/h1-11,20H. The highest BCUT2D eigenvalue weighted by molar-refractivity contribution is 6.27. The largest absolute Gasteiger partial charge is 0.457 e. The van der Waals surface area contributed by atoms with Gasteiger partial charge in [0.05, 0.1) is 0 Å². The maximum atomic E-state index is 10.9. The molecule has 1 N–H and O–H groups in total. The lowest BCUT2D eigenvalue weighted by Gasteiger charge is -2.28. The van der Waals surface area contributed by atoms with Crippen LogP contribution < -0.4 is 5.32 Å². The monoisotopic (exact) mass is 309 g/mol. The second-order valence-corrected chi connectivity index (χ2v) is 5.88. The highest BCUT2D eigenvalue weighted by Gasteiger charge is 2.33. The van der Waals surface area contributed by atoms with Crippen molar-refractivity contribution in [3.8, 4) is 0 Å². The molecule has 108 valence electrons. The van der Waals surface area contributed by atoms with Crippen LogP contribution in [0.1, 0.15) is 21.7 Å². The number of furan rings is 1. The molecule has 0 spiro atoms. The third kappa shape index (κ3) is 2.02. The van der Waals surface area contributed by atoms with Gasteiger partial charge in [-0.1, -0.05) is 35.9 Å². The van der Waals surface area contributed by atoms with Crippen molar-refractivity contribution < 1.29 is 9.21 Å². The van der Waals surface area contributed by atoms with Crippen molar-refractivity contribution in [2.45, 2.75) is 5.00 Å². The Kier molecular flexibility index (Phi) is 2.84. The van der Waals surface area contributed by atoms with Gasteiger partial charge in [-0.25, -0.2) is 0 Å². The minimum absolute atomic E-state index is 0.595. The number of hydrogen-bond donors (Lipinski definition) is 1. The van der Waals surface area contributed by atoms with Gasteiger partial charge in [-0.2, -0.15) is 0 Å². The summed E-state index contributed by atoms with van der Waals surface area (Å²) in [5.74, 6) is 0.595. The number of anilines is 1. The Labute approximate surface area is 132 Å². The Morgan fingerprint density at radius 3 is 2.86 bits per heavy atom. The summed E-state index contributed by atoms with van der Waals surface area (Å²) in [7, 11) is 0. The van der Waals surface area contributed by atoms with Crippen LogP contribution in [0.3, 0.4) is 0 Å². The predicted molar refractivity (Wildman–Crippen MR) is 88.2 cm³/mol. The summed E-state index contributed by atoms with van der Waals surface area (Å²) in [6.45, 7) is 0. The number of aldehydes is 1. The maximum Gasteiger partial charge on any atom is 0.190 e. The Morgan fingerprint density at radius 1 is 1.14 bits per heavy atom. The molecular formula is C18H12ClNO2. The van der Waals surface area contributed by atoms with Crippen LogP contribution in [0.4, 0.5) is 5.69 Å². The van der Waals surface area contributed by atoms with Gasteiger partial charge < -0.3 is 9.73 Å². The maximum absolute atomic E-state index is 10.9. The van der Waals surface area contributed by atoms with Gasteiger partial charge in [0, 0.05) is 16.6 Å². The van der Waals surface area contributed by atoms with Crippen molar-refractivity contribution in [3.63, 3.8) is 0 Å². The number of nitrogens with one attached hydrogen (secondary N) is 1. The Bertz CT molecular complexity index is 912. The van der Waals surface area contributed by atoms with Crippen LogP contribution in [0.5, 0.6) is 0 Å². The molecule has 1 aliphatic heterocycles. The molecule has 1 aliphatic rings. The highest BCUT2D eigenvalue weighted by atomic mass is 35.5. The van der Waals surface area contributed by atoms with E-state index >= 15 is 0 Å². The molecule has 1 atom stereocenters. The first-order chi connectivity index (χ1) is 10.7. The fraction of sp³-hybridized carbons (Fsp3) is 0.0556. The summed E-state index contributed by atoms with van der Waals surface area (Å²) in [4.78, 5) is 9.94. The molecule has 22 heavy (non-hydrogen) atoms. The number of benzene rings is 2. The molecule has 0 radical (unpaired) electrons. The number of carbonyl (C=O) groups excluding carboxylic acids is 1. The van der Waals surface area contributed by atoms with E-state index in [1.807, 2.05) is 42.5 Å². The van der Waals surface area contributed by atoms with E-state index in [0.717, 1.165) is 22.9 Å². The van der Waals surface area contributed by atoms with Crippen molar-refractivity contribution in [2.75, 3.05) is 5.32 Å². The molecule has 2 heterocycles. The zero-order valence-corrected chi connectivity index (χ0v) is 12.3. The van der Waals surface area contributed by atoms with Gasteiger partial charge in [0.1, 0.15) is 17.6 Å². The number of halogens is 1. The topological polar surface area (TPSA) is 42.2 Å². The third-order valence-corrected chi connectivity index (χ3v) is 4.21. The zero-order valence-electron chi connectivity index (χ0n) is 11.5. The minimum atomic E-state index is -0.936. The van der Waals surface area contributed by atoms with E-state index in [1.54, 1.807) is 18.2 Å². The first-order valence-electron chi connectivity index (χ1n) is 6.93. The van der Waals surface area contributed by atoms with E-state index in [2.05, 4.69) is 5.32 Å². The van der Waals surface area contributed by atoms with Crippen molar-refractivity contribution in [1.82, 2.24) is 0 Å². The molecule has 0 bridgehead atoms. The molecule has 4 heteroatoms. The van der Waals surface area contributed by atoms with Crippen molar-refractivity contribution in [1.29, 1.82) is 0 Å². The molecule has 0 amide bonds. The van der Waals surface area contributed by atoms with Crippen LogP contribution in [0.25, 0.3) is 17.0 Å². The van der Waals surface area contributed by atoms with Crippen LogP contribution >= 0.6 is 11.6 Å². The van der Waals surface area contributed by atoms with E-state index < -0.39 is 5.00 Å². The van der Waals surface area contributed by atoms with Gasteiger partial charge in [0.15, 0.2) is 5.00 Å². The van der Waals surface area contributed by atoms with Crippen LogP contribution in [-0.4, -0.2) is 6.29 Å². The first kappa shape index (κ1) is 13.2. The molecule has 1 unspecified atom stereocenters. The number of alkyl halides is 1. The summed E-state index contributed by atoms with van der Waals surface area (Å²) in [6, 6.07) is 15.1. The van der Waals surface area contributed by atoms with Gasteiger partial charge in [-0.05, 0) is 42.0 Å². The Hall–Kier alpha value is -2.52. The number of carbonyl (C=O) groups is 1. The smallest absolute Gasteiger partial charge is 0.190 e. The number of rotatable bonds is 2. The molecule has 0 aliphatic carbocycles. The van der Waals surface area contributed by atoms with Crippen LogP contribution in [0.15, 0.2) is 59.0 Å². The lowest BCUT2D eigenvalue weighted by molar-refractivity contribution is 0.112. The predicted octanol–water partition coefficient (Wildman–Crippen LogP) is 4.78. The zero-order chi connectivity index (χ0) is 15.2. The summed E-state index contributed by atoms with van der Waals surface area (Å²) in [5.41, 5.74) is 3.35. The average Bonchev–Trinajstić information content (AvgIpc) is 2.98. The molecule has 0 saturated heterocycles. The SMILES string of the molecule is O=Cc1ccc2oc(C3(Cl)C=Cc4ccccc4N3)cc2c1. The quantitative estimate of drug-likeness (QED) is 0.421. The molecule has 0 fully saturated rings. The number of para-hydroxylation sites is 1. The average molecular weight is 310 g/mol. The highest BCUT2D eigenvalue weighted by Crippen LogP contribution is 2.40. The van der Waals surface area contributed by atoms with Crippen molar-refractivity contribution >= 4 is 40.6 Å². The van der Waals surface area contributed by atoms with Gasteiger partial charge in [0.25, 0.3) is 0 Å².